The summed E-state index contributed by atoms with van der Waals surface area (Å²) in [7, 11) is 1.55. The van der Waals surface area contributed by atoms with E-state index in [4.69, 9.17) is 9.47 Å². The van der Waals surface area contributed by atoms with Gasteiger partial charge in [-0.1, -0.05) is 30.3 Å². The monoisotopic (exact) mass is 428 g/mol. The minimum Gasteiger partial charge on any atom is -0.492 e. The van der Waals surface area contributed by atoms with Crippen molar-refractivity contribution in [2.75, 3.05) is 13.7 Å². The second-order valence-corrected chi connectivity index (χ2v) is 6.60. The summed E-state index contributed by atoms with van der Waals surface area (Å²) in [4.78, 5) is 12.5. The number of hydrogen-bond acceptors (Lipinski definition) is 4. The van der Waals surface area contributed by atoms with E-state index in [2.05, 4.69) is 21.2 Å². The number of carbonyl (C=O) groups excluding carboxylic acids is 1. The van der Waals surface area contributed by atoms with E-state index in [-0.39, 0.29) is 11.6 Å². The minimum absolute atomic E-state index is 0.0114. The average molecular weight is 429 g/mol. The first kappa shape index (κ1) is 20.5. The topological polar surface area (TPSA) is 71.3 Å². The zero-order valence-corrected chi connectivity index (χ0v) is 17.0. The summed E-state index contributed by atoms with van der Waals surface area (Å²) in [6, 6.07) is 14.8. The number of methoxy groups -OCH3 is 1. The van der Waals surface area contributed by atoms with Crippen LogP contribution in [0.25, 0.3) is 6.08 Å². The molecule has 1 N–H and O–H groups in total. The van der Waals surface area contributed by atoms with Gasteiger partial charge in [0.25, 0.3) is 5.91 Å². The van der Waals surface area contributed by atoms with Crippen molar-refractivity contribution in [1.29, 1.82) is 5.26 Å². The fourth-order valence-corrected chi connectivity index (χ4v) is 3.17. The predicted octanol–water partition coefficient (Wildman–Crippen LogP) is 4.64. The summed E-state index contributed by atoms with van der Waals surface area (Å²) in [6.07, 6.45) is 1.53. The summed E-state index contributed by atoms with van der Waals surface area (Å²) in [5.41, 5.74) is 1.64. The molecule has 5 nitrogen and oxygen atoms in total. The summed E-state index contributed by atoms with van der Waals surface area (Å²) < 4.78 is 11.6. The first-order valence-electron chi connectivity index (χ1n) is 8.48. The van der Waals surface area contributed by atoms with E-state index in [1.54, 1.807) is 19.2 Å². The lowest BCUT2D eigenvalue weighted by Crippen LogP contribution is -2.27. The number of amides is 1. The summed E-state index contributed by atoms with van der Waals surface area (Å²) in [6.45, 7) is 4.21. The number of nitrogens with zero attached hydrogens (tertiary/aromatic N) is 1. The lowest BCUT2D eigenvalue weighted by molar-refractivity contribution is -0.117. The number of nitrogens with one attached hydrogen (secondary N) is 1. The van der Waals surface area contributed by atoms with Crippen molar-refractivity contribution in [3.05, 3.63) is 63.6 Å². The van der Waals surface area contributed by atoms with E-state index in [0.29, 0.717) is 28.1 Å². The Kier molecular flexibility index (Phi) is 7.44. The first-order valence-corrected chi connectivity index (χ1v) is 9.27. The number of hydrogen-bond donors (Lipinski definition) is 1. The molecule has 2 aromatic carbocycles. The number of rotatable bonds is 7. The van der Waals surface area contributed by atoms with E-state index in [9.17, 15) is 10.1 Å². The molecule has 0 aromatic heterocycles. The predicted molar refractivity (Wildman–Crippen MR) is 108 cm³/mol. The molecule has 2 rings (SSSR count). The third kappa shape index (κ3) is 5.35. The average Bonchev–Trinajstić information content (AvgIpc) is 2.66. The molecule has 1 atom stereocenters. The van der Waals surface area contributed by atoms with Crippen LogP contribution in [0.3, 0.4) is 0 Å². The third-order valence-corrected chi connectivity index (χ3v) is 4.45. The van der Waals surface area contributed by atoms with Gasteiger partial charge >= 0.3 is 0 Å². The van der Waals surface area contributed by atoms with Crippen LogP contribution in [0, 0.1) is 11.3 Å². The van der Waals surface area contributed by atoms with Crippen LogP contribution in [-0.2, 0) is 4.79 Å². The number of carbonyl (C=O) groups is 1. The molecule has 0 saturated carbocycles. The van der Waals surface area contributed by atoms with E-state index in [1.807, 2.05) is 50.2 Å². The molecular formula is C21H21BrN2O3. The van der Waals surface area contributed by atoms with Crippen LogP contribution in [0.2, 0.25) is 0 Å². The van der Waals surface area contributed by atoms with Crippen molar-refractivity contribution in [3.8, 4) is 17.6 Å². The van der Waals surface area contributed by atoms with Gasteiger partial charge in [-0.25, -0.2) is 0 Å². The Hall–Kier alpha value is -2.78. The van der Waals surface area contributed by atoms with Gasteiger partial charge in [-0.05, 0) is 59.1 Å². The van der Waals surface area contributed by atoms with Crippen LogP contribution in [-0.4, -0.2) is 19.6 Å². The Morgan fingerprint density at radius 1 is 1.33 bits per heavy atom. The van der Waals surface area contributed by atoms with Crippen LogP contribution in [0.1, 0.15) is 31.0 Å². The molecule has 0 spiro atoms. The molecule has 0 bridgehead atoms. The van der Waals surface area contributed by atoms with Crippen molar-refractivity contribution >= 4 is 27.9 Å². The van der Waals surface area contributed by atoms with Crippen LogP contribution in [0.4, 0.5) is 0 Å². The second kappa shape index (κ2) is 9.79. The highest BCUT2D eigenvalue weighted by molar-refractivity contribution is 9.10. The van der Waals surface area contributed by atoms with E-state index in [1.165, 1.54) is 6.08 Å². The quantitative estimate of drug-likeness (QED) is 0.514. The van der Waals surface area contributed by atoms with Crippen LogP contribution >= 0.6 is 15.9 Å². The van der Waals surface area contributed by atoms with Crippen molar-refractivity contribution in [2.45, 2.75) is 19.9 Å². The molecule has 0 aliphatic carbocycles. The second-order valence-electron chi connectivity index (χ2n) is 5.74. The molecule has 140 valence electrons. The highest BCUT2D eigenvalue weighted by Gasteiger charge is 2.15. The van der Waals surface area contributed by atoms with E-state index < -0.39 is 5.91 Å². The summed E-state index contributed by atoms with van der Waals surface area (Å²) >= 11 is 3.43. The molecule has 1 unspecified atom stereocenters. The maximum Gasteiger partial charge on any atom is 0.262 e. The smallest absolute Gasteiger partial charge is 0.262 e. The SMILES string of the molecule is CCOc1cc(/C=C(\C#N)C(=O)NC(C)c2ccccc2)cc(Br)c1OC. The molecule has 0 fully saturated rings. The van der Waals surface area contributed by atoms with Crippen LogP contribution < -0.4 is 14.8 Å². The van der Waals surface area contributed by atoms with Crippen molar-refractivity contribution in [1.82, 2.24) is 5.32 Å². The highest BCUT2D eigenvalue weighted by Crippen LogP contribution is 2.37. The van der Waals surface area contributed by atoms with Crippen LogP contribution in [0.5, 0.6) is 11.5 Å². The molecule has 0 aliphatic heterocycles. The number of halogens is 1. The number of ether oxygens (including phenoxy) is 2. The molecule has 2 aromatic rings. The zero-order chi connectivity index (χ0) is 19.8. The van der Waals surface area contributed by atoms with E-state index >= 15 is 0 Å². The standard InChI is InChI=1S/C21H21BrN2O3/c1-4-27-19-12-15(11-18(22)20(19)26-3)10-17(13-23)21(25)24-14(2)16-8-6-5-7-9-16/h5-12,14H,4H2,1-3H3,(H,24,25)/b17-10+. The fraction of sp³-hybridized carbons (Fsp3) is 0.238. The summed E-state index contributed by atoms with van der Waals surface area (Å²) in [5, 5.41) is 12.3. The number of benzene rings is 2. The van der Waals surface area contributed by atoms with Gasteiger partial charge in [-0.2, -0.15) is 5.26 Å². The fourth-order valence-electron chi connectivity index (χ4n) is 2.55. The van der Waals surface area contributed by atoms with Gasteiger partial charge in [0.05, 0.1) is 24.2 Å². The Bertz CT molecular complexity index is 873. The Morgan fingerprint density at radius 2 is 2.04 bits per heavy atom. The first-order chi connectivity index (χ1) is 13.0. The molecule has 1 amide bonds. The maximum atomic E-state index is 12.5. The molecular weight excluding hydrogens is 408 g/mol. The highest BCUT2D eigenvalue weighted by atomic mass is 79.9. The van der Waals surface area contributed by atoms with Gasteiger partial charge in [-0.3, -0.25) is 4.79 Å². The molecule has 0 radical (unpaired) electrons. The van der Waals surface area contributed by atoms with Gasteiger partial charge in [0.2, 0.25) is 0 Å². The Morgan fingerprint density at radius 3 is 2.63 bits per heavy atom. The number of nitriles is 1. The Labute approximate surface area is 167 Å². The van der Waals surface area contributed by atoms with E-state index in [0.717, 1.165) is 5.56 Å². The molecule has 0 aliphatic rings. The molecule has 27 heavy (non-hydrogen) atoms. The lowest BCUT2D eigenvalue weighted by Gasteiger charge is -2.14. The normalized spacial score (nSPS) is 12.0. The molecule has 6 heteroatoms. The lowest BCUT2D eigenvalue weighted by atomic mass is 10.1. The largest absolute Gasteiger partial charge is 0.492 e. The van der Waals surface area contributed by atoms with Gasteiger partial charge in [0.1, 0.15) is 11.6 Å². The minimum atomic E-state index is -0.432. The van der Waals surface area contributed by atoms with Gasteiger partial charge in [-0.15, -0.1) is 0 Å². The maximum absolute atomic E-state index is 12.5. The molecule has 0 heterocycles. The Balaban J connectivity index is 2.27. The molecule has 0 saturated heterocycles. The van der Waals surface area contributed by atoms with Crippen molar-refractivity contribution < 1.29 is 14.3 Å². The van der Waals surface area contributed by atoms with Crippen molar-refractivity contribution in [2.24, 2.45) is 0 Å². The zero-order valence-electron chi connectivity index (χ0n) is 15.5. The van der Waals surface area contributed by atoms with Crippen LogP contribution in [0.15, 0.2) is 52.5 Å². The summed E-state index contributed by atoms with van der Waals surface area (Å²) in [5.74, 6) is 0.671. The van der Waals surface area contributed by atoms with Gasteiger partial charge in [0.15, 0.2) is 11.5 Å². The van der Waals surface area contributed by atoms with Gasteiger partial charge < -0.3 is 14.8 Å². The van der Waals surface area contributed by atoms with Gasteiger partial charge in [0, 0.05) is 0 Å². The van der Waals surface area contributed by atoms with Crippen molar-refractivity contribution in [3.63, 3.8) is 0 Å². The third-order valence-electron chi connectivity index (χ3n) is 3.86.